The van der Waals surface area contributed by atoms with E-state index < -0.39 is 0 Å². The number of nitrogens with zero attached hydrogens (tertiary/aromatic N) is 4. The summed E-state index contributed by atoms with van der Waals surface area (Å²) in [5, 5.41) is 10.5. The van der Waals surface area contributed by atoms with E-state index in [1.165, 1.54) is 15.7 Å². The normalized spacial score (nSPS) is 11.4. The Labute approximate surface area is 256 Å². The predicted molar refractivity (Wildman–Crippen MR) is 168 cm³/mol. The van der Waals surface area contributed by atoms with E-state index in [1.807, 2.05) is 85.1 Å². The Morgan fingerprint density at radius 3 is 2.24 bits per heavy atom. The first kappa shape index (κ1) is 27.9. The molecule has 42 heavy (non-hydrogen) atoms. The minimum atomic E-state index is -0.328. The van der Waals surface area contributed by atoms with Crippen LogP contribution in [0.5, 0.6) is 0 Å². The van der Waals surface area contributed by atoms with Gasteiger partial charge in [0.2, 0.25) is 5.91 Å². The Balaban J connectivity index is 1.34. The molecule has 1 amide bonds. The van der Waals surface area contributed by atoms with Gasteiger partial charge in [-0.15, -0.1) is 11.3 Å². The monoisotopic (exact) mass is 613 g/mol. The van der Waals surface area contributed by atoms with E-state index in [-0.39, 0.29) is 23.9 Å². The summed E-state index contributed by atoms with van der Waals surface area (Å²) >= 11 is 13.7. The number of carbonyl (C=O) groups is 1. The quantitative estimate of drug-likeness (QED) is 0.210. The number of carbonyl (C=O) groups excluding carboxylic acids is 1. The SMILES string of the molecule is Cc1nc2scc(CC(=O)NC(c3ccccc3)c3ccccc3)n2c(=O)c1-c1cc(C)n(-c2ccc(Cl)c(Cl)c2)n1. The maximum atomic E-state index is 13.9. The van der Waals surface area contributed by atoms with Gasteiger partial charge in [0.25, 0.3) is 5.56 Å². The summed E-state index contributed by atoms with van der Waals surface area (Å²) in [6, 6.07) is 26.4. The first-order valence-corrected chi connectivity index (χ1v) is 14.8. The van der Waals surface area contributed by atoms with Crippen LogP contribution in [0.4, 0.5) is 0 Å². The average Bonchev–Trinajstić information content (AvgIpc) is 3.57. The molecule has 0 aliphatic rings. The van der Waals surface area contributed by atoms with Crippen LogP contribution in [0.15, 0.2) is 95.1 Å². The molecule has 210 valence electrons. The molecule has 0 atom stereocenters. The lowest BCUT2D eigenvalue weighted by molar-refractivity contribution is -0.121. The summed E-state index contributed by atoms with van der Waals surface area (Å²) in [6.45, 7) is 3.69. The van der Waals surface area contributed by atoms with Crippen molar-refractivity contribution in [2.75, 3.05) is 0 Å². The number of benzene rings is 3. The third kappa shape index (κ3) is 5.36. The number of rotatable bonds is 7. The summed E-state index contributed by atoms with van der Waals surface area (Å²) in [7, 11) is 0. The molecule has 6 rings (SSSR count). The van der Waals surface area contributed by atoms with Gasteiger partial charge in [0.05, 0.1) is 39.5 Å². The number of hydrogen-bond donors (Lipinski definition) is 1. The van der Waals surface area contributed by atoms with Crippen molar-refractivity contribution in [2.45, 2.75) is 26.3 Å². The molecule has 6 aromatic rings. The molecule has 1 N–H and O–H groups in total. The summed E-state index contributed by atoms with van der Waals surface area (Å²) in [6.07, 6.45) is 0.0109. The number of hydrogen-bond acceptors (Lipinski definition) is 5. The standard InChI is InChI=1S/C32H25Cl2N5O2S/c1-19-15-27(37-39(19)23-13-14-25(33)26(34)16-23)29-20(2)35-32-38(31(29)41)24(18-42-32)17-28(40)36-30(21-9-5-3-6-10-21)22-11-7-4-8-12-22/h3-16,18,30H,17H2,1-2H3,(H,36,40). The maximum absolute atomic E-state index is 13.9. The highest BCUT2D eigenvalue weighted by Crippen LogP contribution is 2.28. The van der Waals surface area contributed by atoms with Crippen molar-refractivity contribution >= 4 is 45.4 Å². The molecule has 3 heterocycles. The van der Waals surface area contributed by atoms with E-state index in [4.69, 9.17) is 33.3 Å². The van der Waals surface area contributed by atoms with E-state index in [2.05, 4.69) is 5.32 Å². The van der Waals surface area contributed by atoms with Crippen molar-refractivity contribution in [3.05, 3.63) is 139 Å². The van der Waals surface area contributed by atoms with Crippen LogP contribution in [0.3, 0.4) is 0 Å². The Hall–Kier alpha value is -4.24. The van der Waals surface area contributed by atoms with Crippen molar-refractivity contribution in [1.82, 2.24) is 24.5 Å². The highest BCUT2D eigenvalue weighted by molar-refractivity contribution is 7.15. The first-order chi connectivity index (χ1) is 20.3. The van der Waals surface area contributed by atoms with Crippen LogP contribution in [0.2, 0.25) is 10.0 Å². The van der Waals surface area contributed by atoms with Crippen LogP contribution in [-0.4, -0.2) is 25.1 Å². The number of amides is 1. The van der Waals surface area contributed by atoms with Crippen molar-refractivity contribution in [3.8, 4) is 16.9 Å². The lowest BCUT2D eigenvalue weighted by Crippen LogP contribution is -2.31. The smallest absolute Gasteiger partial charge is 0.268 e. The minimum absolute atomic E-state index is 0.0109. The molecular formula is C32H25Cl2N5O2S. The molecule has 0 radical (unpaired) electrons. The molecule has 0 spiro atoms. The van der Waals surface area contributed by atoms with Crippen molar-refractivity contribution in [2.24, 2.45) is 0 Å². The topological polar surface area (TPSA) is 81.3 Å². The van der Waals surface area contributed by atoms with E-state index in [0.29, 0.717) is 37.7 Å². The lowest BCUT2D eigenvalue weighted by Gasteiger charge is -2.20. The molecule has 7 nitrogen and oxygen atoms in total. The molecule has 0 saturated carbocycles. The van der Waals surface area contributed by atoms with Gasteiger partial charge >= 0.3 is 0 Å². The molecule has 0 bridgehead atoms. The van der Waals surface area contributed by atoms with Crippen LogP contribution < -0.4 is 10.9 Å². The fourth-order valence-corrected chi connectivity index (χ4v) is 6.24. The van der Waals surface area contributed by atoms with Gasteiger partial charge < -0.3 is 5.32 Å². The lowest BCUT2D eigenvalue weighted by atomic mass is 9.98. The van der Waals surface area contributed by atoms with E-state index >= 15 is 0 Å². The molecule has 0 fully saturated rings. The summed E-state index contributed by atoms with van der Waals surface area (Å²) in [4.78, 5) is 32.6. The summed E-state index contributed by atoms with van der Waals surface area (Å²) in [5.41, 5.74) is 5.18. The fraction of sp³-hybridized carbons (Fsp3) is 0.125. The van der Waals surface area contributed by atoms with E-state index in [1.54, 1.807) is 23.7 Å². The van der Waals surface area contributed by atoms with Gasteiger partial charge in [-0.2, -0.15) is 5.10 Å². The van der Waals surface area contributed by atoms with Gasteiger partial charge in [-0.3, -0.25) is 14.0 Å². The van der Waals surface area contributed by atoms with Crippen LogP contribution in [0.25, 0.3) is 21.9 Å². The minimum Gasteiger partial charge on any atom is -0.345 e. The Morgan fingerprint density at radius 2 is 1.60 bits per heavy atom. The Bertz CT molecular complexity index is 1940. The number of aromatic nitrogens is 4. The predicted octanol–water partition coefficient (Wildman–Crippen LogP) is 6.98. The second kappa shape index (κ2) is 11.6. The zero-order valence-corrected chi connectivity index (χ0v) is 25.0. The molecule has 3 aromatic heterocycles. The average molecular weight is 615 g/mol. The zero-order chi connectivity index (χ0) is 29.4. The third-order valence-corrected chi connectivity index (χ3v) is 8.64. The van der Waals surface area contributed by atoms with Crippen molar-refractivity contribution in [3.63, 3.8) is 0 Å². The maximum Gasteiger partial charge on any atom is 0.268 e. The molecular weight excluding hydrogens is 589 g/mol. The van der Waals surface area contributed by atoms with Gasteiger partial charge in [-0.25, -0.2) is 9.67 Å². The fourth-order valence-electron chi connectivity index (χ4n) is 5.03. The number of thiazole rings is 1. The first-order valence-electron chi connectivity index (χ1n) is 13.2. The number of nitrogens with one attached hydrogen (secondary N) is 1. The van der Waals surface area contributed by atoms with Crippen molar-refractivity contribution in [1.29, 1.82) is 0 Å². The molecule has 0 saturated heterocycles. The third-order valence-electron chi connectivity index (χ3n) is 7.03. The molecule has 0 aliphatic heterocycles. The highest BCUT2D eigenvalue weighted by Gasteiger charge is 2.22. The zero-order valence-electron chi connectivity index (χ0n) is 22.7. The second-order valence-corrected chi connectivity index (χ2v) is 11.6. The molecule has 0 unspecified atom stereocenters. The summed E-state index contributed by atoms with van der Waals surface area (Å²) in [5.74, 6) is -0.207. The van der Waals surface area contributed by atoms with Crippen LogP contribution in [-0.2, 0) is 11.2 Å². The van der Waals surface area contributed by atoms with Gasteiger partial charge in [-0.05, 0) is 49.2 Å². The van der Waals surface area contributed by atoms with Gasteiger partial charge in [0, 0.05) is 16.8 Å². The van der Waals surface area contributed by atoms with Crippen LogP contribution in [0, 0.1) is 13.8 Å². The Kier molecular flexibility index (Phi) is 7.68. The van der Waals surface area contributed by atoms with E-state index in [9.17, 15) is 9.59 Å². The molecule has 10 heteroatoms. The van der Waals surface area contributed by atoms with Crippen molar-refractivity contribution < 1.29 is 4.79 Å². The molecule has 3 aromatic carbocycles. The highest BCUT2D eigenvalue weighted by atomic mass is 35.5. The van der Waals surface area contributed by atoms with Crippen LogP contribution in [0.1, 0.15) is 34.3 Å². The Morgan fingerprint density at radius 1 is 0.929 bits per heavy atom. The van der Waals surface area contributed by atoms with Gasteiger partial charge in [0.1, 0.15) is 5.69 Å². The second-order valence-electron chi connectivity index (χ2n) is 9.90. The van der Waals surface area contributed by atoms with Crippen LogP contribution >= 0.6 is 34.5 Å². The summed E-state index contributed by atoms with van der Waals surface area (Å²) < 4.78 is 3.22. The largest absolute Gasteiger partial charge is 0.345 e. The molecule has 0 aliphatic carbocycles. The van der Waals surface area contributed by atoms with Gasteiger partial charge in [-0.1, -0.05) is 83.9 Å². The number of halogens is 2. The number of fused-ring (bicyclic) bond motifs is 1. The van der Waals surface area contributed by atoms with E-state index in [0.717, 1.165) is 22.5 Å². The number of aryl methyl sites for hydroxylation is 2. The van der Waals surface area contributed by atoms with Gasteiger partial charge in [0.15, 0.2) is 4.96 Å².